The predicted molar refractivity (Wildman–Crippen MR) is 85.4 cm³/mol. The lowest BCUT2D eigenvalue weighted by Crippen LogP contribution is -2.46. The van der Waals surface area contributed by atoms with E-state index in [1.165, 1.54) is 29.2 Å². The van der Waals surface area contributed by atoms with Crippen molar-refractivity contribution in [1.82, 2.24) is 10.2 Å². The first-order chi connectivity index (χ1) is 10.1. The molecule has 1 aliphatic heterocycles. The Hall–Kier alpha value is -1.20. The number of carbonyl (C=O) groups excluding carboxylic acids is 1. The Kier molecular flexibility index (Phi) is 7.23. The molecule has 0 radical (unpaired) electrons. The summed E-state index contributed by atoms with van der Waals surface area (Å²) in [5.41, 5.74) is -0.229. The Morgan fingerprint density at radius 3 is 2.41 bits per heavy atom. The standard InChI is InChI=1S/C16H22F2N2O.ClH/c1-19-10-7-13-8-11-20(12-9-13)15(21)16(17,18)14-5-3-2-4-6-14;/h2-6,13,19H,7-12H2,1H3;1H. The number of nitrogens with zero attached hydrogens (tertiary/aromatic N) is 1. The minimum absolute atomic E-state index is 0. The molecule has 0 unspecified atom stereocenters. The van der Waals surface area contributed by atoms with Crippen molar-refractivity contribution in [2.75, 3.05) is 26.7 Å². The number of alkyl halides is 2. The second-order valence-electron chi connectivity index (χ2n) is 5.57. The Labute approximate surface area is 136 Å². The molecule has 0 aromatic heterocycles. The van der Waals surface area contributed by atoms with E-state index < -0.39 is 11.8 Å². The van der Waals surface area contributed by atoms with E-state index in [2.05, 4.69) is 5.32 Å². The monoisotopic (exact) mass is 332 g/mol. The average molecular weight is 333 g/mol. The number of rotatable bonds is 5. The van der Waals surface area contributed by atoms with Crippen molar-refractivity contribution >= 4 is 18.3 Å². The van der Waals surface area contributed by atoms with Crippen LogP contribution in [0.2, 0.25) is 0 Å². The lowest BCUT2D eigenvalue weighted by atomic mass is 9.93. The first-order valence-electron chi connectivity index (χ1n) is 7.43. The van der Waals surface area contributed by atoms with Crippen LogP contribution in [0.4, 0.5) is 8.78 Å². The molecule has 1 aromatic rings. The van der Waals surface area contributed by atoms with Crippen LogP contribution in [0.3, 0.4) is 0 Å². The number of hydrogen-bond acceptors (Lipinski definition) is 2. The summed E-state index contributed by atoms with van der Waals surface area (Å²) in [6.45, 7) is 1.78. The van der Waals surface area contributed by atoms with Gasteiger partial charge in [0.1, 0.15) is 0 Å². The van der Waals surface area contributed by atoms with E-state index >= 15 is 0 Å². The molecule has 1 heterocycles. The van der Waals surface area contributed by atoms with Gasteiger partial charge in [-0.05, 0) is 38.8 Å². The fraction of sp³-hybridized carbons (Fsp3) is 0.562. The highest BCUT2D eigenvalue weighted by atomic mass is 35.5. The molecule has 1 aromatic carbocycles. The van der Waals surface area contributed by atoms with E-state index in [9.17, 15) is 13.6 Å². The number of benzene rings is 1. The zero-order valence-corrected chi connectivity index (χ0v) is 13.5. The van der Waals surface area contributed by atoms with E-state index in [0.29, 0.717) is 19.0 Å². The summed E-state index contributed by atoms with van der Waals surface area (Å²) >= 11 is 0. The molecule has 6 heteroatoms. The van der Waals surface area contributed by atoms with E-state index in [4.69, 9.17) is 0 Å². The minimum atomic E-state index is -3.43. The van der Waals surface area contributed by atoms with Gasteiger partial charge in [-0.25, -0.2) is 0 Å². The van der Waals surface area contributed by atoms with Gasteiger partial charge in [-0.1, -0.05) is 30.3 Å². The highest BCUT2D eigenvalue weighted by molar-refractivity contribution is 5.85. The van der Waals surface area contributed by atoms with Crippen molar-refractivity contribution in [2.24, 2.45) is 5.92 Å². The Morgan fingerprint density at radius 1 is 1.27 bits per heavy atom. The van der Waals surface area contributed by atoms with Crippen LogP contribution in [-0.2, 0) is 10.7 Å². The normalized spacial score (nSPS) is 16.2. The lowest BCUT2D eigenvalue weighted by molar-refractivity contribution is -0.160. The Balaban J connectivity index is 0.00000242. The summed E-state index contributed by atoms with van der Waals surface area (Å²) in [5.74, 6) is -3.98. The number of piperidine rings is 1. The summed E-state index contributed by atoms with van der Waals surface area (Å²) in [4.78, 5) is 13.4. The maximum Gasteiger partial charge on any atom is 0.349 e. The van der Waals surface area contributed by atoms with Crippen LogP contribution >= 0.6 is 12.4 Å². The largest absolute Gasteiger partial charge is 0.349 e. The maximum atomic E-state index is 14.2. The van der Waals surface area contributed by atoms with Crippen LogP contribution in [0.25, 0.3) is 0 Å². The Morgan fingerprint density at radius 2 is 1.86 bits per heavy atom. The molecule has 0 spiro atoms. The first kappa shape index (κ1) is 18.8. The van der Waals surface area contributed by atoms with Gasteiger partial charge in [0.15, 0.2) is 0 Å². The molecule has 124 valence electrons. The van der Waals surface area contributed by atoms with Crippen molar-refractivity contribution in [3.8, 4) is 0 Å². The summed E-state index contributed by atoms with van der Waals surface area (Å²) < 4.78 is 28.5. The number of amides is 1. The maximum absolute atomic E-state index is 14.2. The van der Waals surface area contributed by atoms with Crippen molar-refractivity contribution in [3.05, 3.63) is 35.9 Å². The fourth-order valence-electron chi connectivity index (χ4n) is 2.74. The molecular formula is C16H23ClF2N2O. The summed E-state index contributed by atoms with van der Waals surface area (Å²) in [5, 5.41) is 3.09. The third kappa shape index (κ3) is 4.40. The van der Waals surface area contributed by atoms with Gasteiger partial charge in [-0.2, -0.15) is 8.78 Å². The van der Waals surface area contributed by atoms with Crippen molar-refractivity contribution < 1.29 is 13.6 Å². The second-order valence-corrected chi connectivity index (χ2v) is 5.57. The molecule has 0 atom stereocenters. The summed E-state index contributed by atoms with van der Waals surface area (Å²) in [6, 6.07) is 7.33. The van der Waals surface area contributed by atoms with Gasteiger partial charge in [0.2, 0.25) is 0 Å². The number of likely N-dealkylation sites (tertiary alicyclic amines) is 1. The highest BCUT2D eigenvalue weighted by Gasteiger charge is 2.44. The van der Waals surface area contributed by atoms with Gasteiger partial charge >= 0.3 is 5.92 Å². The zero-order valence-electron chi connectivity index (χ0n) is 12.7. The van der Waals surface area contributed by atoms with Crippen LogP contribution < -0.4 is 5.32 Å². The summed E-state index contributed by atoms with van der Waals surface area (Å²) in [6.07, 6.45) is 2.64. The molecule has 1 fully saturated rings. The van der Waals surface area contributed by atoms with Gasteiger partial charge in [0.25, 0.3) is 5.91 Å². The van der Waals surface area contributed by atoms with E-state index in [1.807, 2.05) is 7.05 Å². The highest BCUT2D eigenvalue weighted by Crippen LogP contribution is 2.32. The molecule has 3 nitrogen and oxygen atoms in total. The second kappa shape index (κ2) is 8.44. The molecule has 1 aliphatic rings. The van der Waals surface area contributed by atoms with Crippen LogP contribution in [0, 0.1) is 5.92 Å². The third-order valence-corrected chi connectivity index (χ3v) is 4.11. The van der Waals surface area contributed by atoms with Gasteiger partial charge in [0.05, 0.1) is 0 Å². The molecule has 0 bridgehead atoms. The number of hydrogen-bond donors (Lipinski definition) is 1. The van der Waals surface area contributed by atoms with Crippen LogP contribution in [-0.4, -0.2) is 37.5 Å². The molecular weight excluding hydrogens is 310 g/mol. The number of carbonyl (C=O) groups is 1. The predicted octanol–water partition coefficient (Wildman–Crippen LogP) is 3.05. The fourth-order valence-corrected chi connectivity index (χ4v) is 2.74. The van der Waals surface area contributed by atoms with E-state index in [0.717, 1.165) is 25.8 Å². The molecule has 1 saturated heterocycles. The minimum Gasteiger partial charge on any atom is -0.337 e. The number of halogens is 3. The SMILES string of the molecule is CNCCC1CCN(C(=O)C(F)(F)c2ccccc2)CC1.Cl. The molecule has 0 saturated carbocycles. The quantitative estimate of drug-likeness (QED) is 0.899. The average Bonchev–Trinajstić information content (AvgIpc) is 2.53. The Bertz CT molecular complexity index is 462. The van der Waals surface area contributed by atoms with Gasteiger partial charge in [0, 0.05) is 18.7 Å². The molecule has 22 heavy (non-hydrogen) atoms. The lowest BCUT2D eigenvalue weighted by Gasteiger charge is -2.34. The van der Waals surface area contributed by atoms with Crippen molar-refractivity contribution in [1.29, 1.82) is 0 Å². The number of nitrogens with one attached hydrogen (secondary N) is 1. The van der Waals surface area contributed by atoms with Crippen LogP contribution in [0.5, 0.6) is 0 Å². The van der Waals surface area contributed by atoms with E-state index in [1.54, 1.807) is 6.07 Å². The molecule has 1 N–H and O–H groups in total. The van der Waals surface area contributed by atoms with Gasteiger partial charge in [-0.15, -0.1) is 12.4 Å². The topological polar surface area (TPSA) is 32.3 Å². The van der Waals surface area contributed by atoms with Gasteiger partial charge < -0.3 is 10.2 Å². The summed E-state index contributed by atoms with van der Waals surface area (Å²) in [7, 11) is 1.90. The third-order valence-electron chi connectivity index (χ3n) is 4.11. The van der Waals surface area contributed by atoms with Crippen LogP contribution in [0.15, 0.2) is 30.3 Å². The first-order valence-corrected chi connectivity index (χ1v) is 7.43. The molecule has 2 rings (SSSR count). The van der Waals surface area contributed by atoms with E-state index in [-0.39, 0.29) is 18.0 Å². The zero-order chi connectivity index (χ0) is 15.3. The van der Waals surface area contributed by atoms with Crippen molar-refractivity contribution in [2.45, 2.75) is 25.2 Å². The smallest absolute Gasteiger partial charge is 0.337 e. The van der Waals surface area contributed by atoms with Crippen LogP contribution in [0.1, 0.15) is 24.8 Å². The molecule has 1 amide bonds. The van der Waals surface area contributed by atoms with Gasteiger partial charge in [-0.3, -0.25) is 4.79 Å². The molecule has 0 aliphatic carbocycles. The van der Waals surface area contributed by atoms with Crippen molar-refractivity contribution in [3.63, 3.8) is 0 Å².